The van der Waals surface area contributed by atoms with Crippen LogP contribution in [0.25, 0.3) is 0 Å². The van der Waals surface area contributed by atoms with E-state index in [1.807, 2.05) is 6.26 Å². The third kappa shape index (κ3) is 1.73. The van der Waals surface area contributed by atoms with E-state index in [0.29, 0.717) is 5.56 Å². The van der Waals surface area contributed by atoms with Crippen LogP contribution in [0.15, 0.2) is 17.2 Å². The largest absolute Gasteiger partial charge is 0.298 e. The van der Waals surface area contributed by atoms with Crippen LogP contribution in [0.3, 0.4) is 0 Å². The molecule has 4 heteroatoms. The SMILES string of the molecule is CSc1ccnc(Cl)c1C=O. The highest BCUT2D eigenvalue weighted by Crippen LogP contribution is 2.22. The molecule has 1 aromatic rings. The van der Waals surface area contributed by atoms with Crippen LogP contribution in [0.5, 0.6) is 0 Å². The Morgan fingerprint density at radius 3 is 2.91 bits per heavy atom. The van der Waals surface area contributed by atoms with Gasteiger partial charge in [-0.1, -0.05) is 11.6 Å². The lowest BCUT2D eigenvalue weighted by Crippen LogP contribution is -1.88. The van der Waals surface area contributed by atoms with E-state index in [9.17, 15) is 4.79 Å². The number of hydrogen-bond donors (Lipinski definition) is 0. The van der Waals surface area contributed by atoms with Gasteiger partial charge in [0.05, 0.1) is 5.56 Å². The molecule has 1 aromatic heterocycles. The first kappa shape index (κ1) is 8.56. The molecule has 1 rings (SSSR count). The van der Waals surface area contributed by atoms with Crippen molar-refractivity contribution in [3.8, 4) is 0 Å². The Hall–Kier alpha value is -0.540. The van der Waals surface area contributed by atoms with Gasteiger partial charge in [0.1, 0.15) is 5.15 Å². The van der Waals surface area contributed by atoms with Gasteiger partial charge in [0.15, 0.2) is 6.29 Å². The molecule has 0 bridgehead atoms. The van der Waals surface area contributed by atoms with Gasteiger partial charge in [-0.2, -0.15) is 0 Å². The molecule has 0 amide bonds. The minimum absolute atomic E-state index is 0.270. The zero-order chi connectivity index (χ0) is 8.27. The standard InChI is InChI=1S/C7H6ClNOS/c1-11-6-2-3-9-7(8)5(6)4-10/h2-4H,1H3. The quantitative estimate of drug-likeness (QED) is 0.404. The molecule has 0 aromatic carbocycles. The zero-order valence-electron chi connectivity index (χ0n) is 5.87. The number of nitrogens with zero attached hydrogens (tertiary/aromatic N) is 1. The van der Waals surface area contributed by atoms with Gasteiger partial charge in [0.2, 0.25) is 0 Å². The Morgan fingerprint density at radius 2 is 2.45 bits per heavy atom. The summed E-state index contributed by atoms with van der Waals surface area (Å²) in [5.74, 6) is 0. The van der Waals surface area contributed by atoms with Crippen LogP contribution >= 0.6 is 23.4 Å². The maximum atomic E-state index is 10.5. The molecule has 0 radical (unpaired) electrons. The van der Waals surface area contributed by atoms with Crippen molar-refractivity contribution < 1.29 is 4.79 Å². The van der Waals surface area contributed by atoms with E-state index in [4.69, 9.17) is 11.6 Å². The summed E-state index contributed by atoms with van der Waals surface area (Å²) in [7, 11) is 0. The van der Waals surface area contributed by atoms with Crippen LogP contribution < -0.4 is 0 Å². The second kappa shape index (κ2) is 3.74. The molecule has 0 spiro atoms. The maximum Gasteiger partial charge on any atom is 0.154 e. The van der Waals surface area contributed by atoms with Crippen LogP contribution in [0.4, 0.5) is 0 Å². The molecular formula is C7H6ClNOS. The fraction of sp³-hybridized carbons (Fsp3) is 0.143. The lowest BCUT2D eigenvalue weighted by Gasteiger charge is -1.99. The first-order chi connectivity index (χ1) is 5.29. The second-order valence-electron chi connectivity index (χ2n) is 1.84. The lowest BCUT2D eigenvalue weighted by molar-refractivity contribution is 0.112. The first-order valence-electron chi connectivity index (χ1n) is 2.93. The summed E-state index contributed by atoms with van der Waals surface area (Å²) in [4.78, 5) is 15.1. The third-order valence-electron chi connectivity index (χ3n) is 1.24. The molecule has 0 saturated heterocycles. The van der Waals surface area contributed by atoms with Crippen molar-refractivity contribution in [2.75, 3.05) is 6.26 Å². The van der Waals surface area contributed by atoms with E-state index in [2.05, 4.69) is 4.98 Å². The monoisotopic (exact) mass is 187 g/mol. The topological polar surface area (TPSA) is 30.0 Å². The summed E-state index contributed by atoms with van der Waals surface area (Å²) < 4.78 is 0. The Morgan fingerprint density at radius 1 is 1.73 bits per heavy atom. The van der Waals surface area contributed by atoms with E-state index in [1.54, 1.807) is 12.3 Å². The Labute approximate surface area is 74.0 Å². The van der Waals surface area contributed by atoms with Crippen molar-refractivity contribution in [3.63, 3.8) is 0 Å². The highest BCUT2D eigenvalue weighted by atomic mass is 35.5. The molecule has 11 heavy (non-hydrogen) atoms. The lowest BCUT2D eigenvalue weighted by atomic mass is 10.3. The van der Waals surface area contributed by atoms with Crippen molar-refractivity contribution in [2.24, 2.45) is 0 Å². The van der Waals surface area contributed by atoms with Gasteiger partial charge < -0.3 is 0 Å². The average molecular weight is 188 g/mol. The van der Waals surface area contributed by atoms with Crippen molar-refractivity contribution in [2.45, 2.75) is 4.90 Å². The summed E-state index contributed by atoms with van der Waals surface area (Å²) in [6, 6.07) is 1.76. The molecule has 0 aliphatic rings. The van der Waals surface area contributed by atoms with E-state index in [-0.39, 0.29) is 5.15 Å². The molecule has 0 atom stereocenters. The molecule has 2 nitrogen and oxygen atoms in total. The van der Waals surface area contributed by atoms with Crippen LogP contribution in [0.1, 0.15) is 10.4 Å². The van der Waals surface area contributed by atoms with Gasteiger partial charge in [-0.05, 0) is 12.3 Å². The van der Waals surface area contributed by atoms with Gasteiger partial charge in [-0.25, -0.2) is 4.98 Å². The van der Waals surface area contributed by atoms with Gasteiger partial charge in [-0.15, -0.1) is 11.8 Å². The molecule has 0 saturated carbocycles. The number of carbonyl (C=O) groups is 1. The van der Waals surface area contributed by atoms with E-state index < -0.39 is 0 Å². The Bertz CT molecular complexity index is 277. The van der Waals surface area contributed by atoms with Crippen LogP contribution in [-0.2, 0) is 0 Å². The predicted octanol–water partition coefficient (Wildman–Crippen LogP) is 2.27. The molecular weight excluding hydrogens is 182 g/mol. The minimum Gasteiger partial charge on any atom is -0.298 e. The van der Waals surface area contributed by atoms with Crippen LogP contribution in [0.2, 0.25) is 5.15 Å². The molecule has 0 fully saturated rings. The van der Waals surface area contributed by atoms with Gasteiger partial charge in [0.25, 0.3) is 0 Å². The van der Waals surface area contributed by atoms with E-state index in [0.717, 1.165) is 11.2 Å². The second-order valence-corrected chi connectivity index (χ2v) is 3.04. The number of carbonyl (C=O) groups excluding carboxylic acids is 1. The van der Waals surface area contributed by atoms with Crippen LogP contribution in [0, 0.1) is 0 Å². The van der Waals surface area contributed by atoms with Crippen molar-refractivity contribution in [1.29, 1.82) is 0 Å². The minimum atomic E-state index is 0.270. The normalized spacial score (nSPS) is 9.64. The summed E-state index contributed by atoms with van der Waals surface area (Å²) >= 11 is 7.13. The number of pyridine rings is 1. The summed E-state index contributed by atoms with van der Waals surface area (Å²) in [6.07, 6.45) is 4.20. The fourth-order valence-corrected chi connectivity index (χ4v) is 1.54. The summed E-state index contributed by atoms with van der Waals surface area (Å²) in [6.45, 7) is 0. The van der Waals surface area contributed by atoms with Crippen LogP contribution in [-0.4, -0.2) is 17.5 Å². The number of halogens is 1. The number of rotatable bonds is 2. The maximum absolute atomic E-state index is 10.5. The smallest absolute Gasteiger partial charge is 0.154 e. The van der Waals surface area contributed by atoms with Crippen molar-refractivity contribution >= 4 is 29.6 Å². The summed E-state index contributed by atoms with van der Waals surface area (Å²) in [5.41, 5.74) is 0.474. The Kier molecular flexibility index (Phi) is 2.91. The average Bonchev–Trinajstić information content (AvgIpc) is 2.04. The first-order valence-corrected chi connectivity index (χ1v) is 4.53. The van der Waals surface area contributed by atoms with Gasteiger partial charge in [0, 0.05) is 11.1 Å². The highest BCUT2D eigenvalue weighted by molar-refractivity contribution is 7.98. The number of thioether (sulfide) groups is 1. The molecule has 1 heterocycles. The third-order valence-corrected chi connectivity index (χ3v) is 2.34. The summed E-state index contributed by atoms with van der Waals surface area (Å²) in [5, 5.41) is 0.270. The molecule has 0 N–H and O–H groups in total. The number of aromatic nitrogens is 1. The zero-order valence-corrected chi connectivity index (χ0v) is 7.45. The Balaban J connectivity index is 3.24. The predicted molar refractivity (Wildman–Crippen MR) is 46.4 cm³/mol. The highest BCUT2D eigenvalue weighted by Gasteiger charge is 2.04. The molecule has 58 valence electrons. The molecule has 0 unspecified atom stereocenters. The molecule has 0 aliphatic carbocycles. The number of aldehydes is 1. The van der Waals surface area contributed by atoms with Gasteiger partial charge >= 0.3 is 0 Å². The van der Waals surface area contributed by atoms with Gasteiger partial charge in [-0.3, -0.25) is 4.79 Å². The van der Waals surface area contributed by atoms with E-state index >= 15 is 0 Å². The number of hydrogen-bond acceptors (Lipinski definition) is 3. The van der Waals surface area contributed by atoms with E-state index in [1.165, 1.54) is 11.8 Å². The van der Waals surface area contributed by atoms with Crippen molar-refractivity contribution in [1.82, 2.24) is 4.98 Å². The fourth-order valence-electron chi connectivity index (χ4n) is 0.716. The van der Waals surface area contributed by atoms with Crippen molar-refractivity contribution in [3.05, 3.63) is 23.0 Å². The molecule has 0 aliphatic heterocycles.